The first-order chi connectivity index (χ1) is 9.44. The van der Waals surface area contributed by atoms with E-state index in [0.717, 1.165) is 0 Å². The predicted octanol–water partition coefficient (Wildman–Crippen LogP) is 1.36. The number of aromatic amines is 1. The minimum absolute atomic E-state index is 0.0247. The van der Waals surface area contributed by atoms with Gasteiger partial charge in [0.15, 0.2) is 0 Å². The number of esters is 1. The van der Waals surface area contributed by atoms with Crippen molar-refractivity contribution in [2.24, 2.45) is 5.92 Å². The molecule has 0 aliphatic heterocycles. The van der Waals surface area contributed by atoms with Crippen LogP contribution in [0.2, 0.25) is 0 Å². The van der Waals surface area contributed by atoms with Crippen LogP contribution in [0.3, 0.4) is 0 Å². The number of hydrogen-bond acceptors (Lipinski definition) is 5. The van der Waals surface area contributed by atoms with Gasteiger partial charge in [0.05, 0.1) is 11.9 Å². The van der Waals surface area contributed by atoms with Gasteiger partial charge in [0, 0.05) is 0 Å². The molecule has 8 heteroatoms. The van der Waals surface area contributed by atoms with Crippen LogP contribution in [-0.4, -0.2) is 36.2 Å². The Balaban J connectivity index is 2.99. The molecule has 1 heterocycles. The van der Waals surface area contributed by atoms with Crippen LogP contribution in [-0.2, 0) is 19.6 Å². The number of ether oxygens (including phenoxy) is 1. The summed E-state index contributed by atoms with van der Waals surface area (Å²) in [5.74, 6) is -0.843. The van der Waals surface area contributed by atoms with Gasteiger partial charge < -0.3 is 4.74 Å². The van der Waals surface area contributed by atoms with E-state index in [1.807, 2.05) is 0 Å². The summed E-state index contributed by atoms with van der Waals surface area (Å²) in [6.45, 7) is 10.3. The van der Waals surface area contributed by atoms with Crippen molar-refractivity contribution in [3.63, 3.8) is 0 Å². The first-order valence-corrected chi connectivity index (χ1v) is 8.17. The molecule has 0 amide bonds. The quantitative estimate of drug-likeness (QED) is 0.799. The fourth-order valence-electron chi connectivity index (χ4n) is 1.66. The highest BCUT2D eigenvalue weighted by molar-refractivity contribution is 7.89. The van der Waals surface area contributed by atoms with Crippen molar-refractivity contribution in [1.82, 2.24) is 14.9 Å². The van der Waals surface area contributed by atoms with Crippen molar-refractivity contribution in [2.75, 3.05) is 0 Å². The standard InChI is InChI=1S/C13H23N3O4S/c1-8(2)11(12(17)20-13(4,5)6)16-21(18,19)10-7-14-15-9(10)3/h7-8,11,16H,1-6H3,(H,14,15)/t11-/m0/s1. The molecule has 120 valence electrons. The van der Waals surface area contributed by atoms with E-state index in [1.54, 1.807) is 41.5 Å². The van der Waals surface area contributed by atoms with Gasteiger partial charge in [0.2, 0.25) is 10.0 Å². The van der Waals surface area contributed by atoms with Crippen molar-refractivity contribution in [3.8, 4) is 0 Å². The van der Waals surface area contributed by atoms with Gasteiger partial charge in [-0.15, -0.1) is 0 Å². The third-order valence-electron chi connectivity index (χ3n) is 2.68. The van der Waals surface area contributed by atoms with Gasteiger partial charge in [-0.3, -0.25) is 9.89 Å². The van der Waals surface area contributed by atoms with Crippen LogP contribution >= 0.6 is 0 Å². The average molecular weight is 317 g/mol. The lowest BCUT2D eigenvalue weighted by atomic mass is 10.1. The lowest BCUT2D eigenvalue weighted by Crippen LogP contribution is -2.47. The highest BCUT2D eigenvalue weighted by Crippen LogP contribution is 2.16. The molecule has 0 aromatic carbocycles. The summed E-state index contributed by atoms with van der Waals surface area (Å²) in [5, 5.41) is 6.24. The number of aryl methyl sites for hydroxylation is 1. The summed E-state index contributed by atoms with van der Waals surface area (Å²) >= 11 is 0. The third-order valence-corrected chi connectivity index (χ3v) is 4.24. The lowest BCUT2D eigenvalue weighted by molar-refractivity contribution is -0.158. The number of sulfonamides is 1. The van der Waals surface area contributed by atoms with Crippen LogP contribution in [0.25, 0.3) is 0 Å². The summed E-state index contributed by atoms with van der Waals surface area (Å²) in [6, 6.07) is -0.955. The number of nitrogens with zero attached hydrogens (tertiary/aromatic N) is 1. The van der Waals surface area contributed by atoms with E-state index in [1.165, 1.54) is 6.20 Å². The van der Waals surface area contributed by atoms with E-state index < -0.39 is 27.6 Å². The first-order valence-electron chi connectivity index (χ1n) is 6.69. The second-order valence-electron chi connectivity index (χ2n) is 6.24. The van der Waals surface area contributed by atoms with Crippen LogP contribution in [0.5, 0.6) is 0 Å². The molecule has 0 unspecified atom stereocenters. The smallest absolute Gasteiger partial charge is 0.324 e. The number of nitrogens with one attached hydrogen (secondary N) is 2. The van der Waals surface area contributed by atoms with Gasteiger partial charge in [-0.2, -0.15) is 9.82 Å². The SMILES string of the molecule is Cc1[nH]ncc1S(=O)(=O)N[C@H](C(=O)OC(C)(C)C)C(C)C. The van der Waals surface area contributed by atoms with E-state index >= 15 is 0 Å². The second-order valence-corrected chi connectivity index (χ2v) is 7.92. The fraction of sp³-hybridized carbons (Fsp3) is 0.692. The summed E-state index contributed by atoms with van der Waals surface area (Å²) < 4.78 is 32.3. The molecular weight excluding hydrogens is 294 g/mol. The molecule has 0 aliphatic rings. The van der Waals surface area contributed by atoms with Crippen molar-refractivity contribution < 1.29 is 17.9 Å². The molecule has 0 radical (unpaired) electrons. The summed E-state index contributed by atoms with van der Waals surface area (Å²) in [7, 11) is -3.84. The van der Waals surface area contributed by atoms with E-state index in [9.17, 15) is 13.2 Å². The average Bonchev–Trinajstić information content (AvgIpc) is 2.70. The van der Waals surface area contributed by atoms with Crippen LogP contribution in [0.4, 0.5) is 0 Å². The van der Waals surface area contributed by atoms with Gasteiger partial charge in [0.1, 0.15) is 16.5 Å². The maximum Gasteiger partial charge on any atom is 0.324 e. The largest absolute Gasteiger partial charge is 0.459 e. The van der Waals surface area contributed by atoms with E-state index in [-0.39, 0.29) is 10.8 Å². The number of H-pyrrole nitrogens is 1. The molecule has 1 aromatic rings. The first kappa shape index (κ1) is 17.6. The normalized spacial score (nSPS) is 14.2. The number of carbonyl (C=O) groups is 1. The minimum Gasteiger partial charge on any atom is -0.459 e. The molecule has 0 fully saturated rings. The molecule has 0 saturated heterocycles. The Morgan fingerprint density at radius 3 is 2.33 bits per heavy atom. The molecule has 1 rings (SSSR count). The predicted molar refractivity (Wildman–Crippen MR) is 78.1 cm³/mol. The van der Waals surface area contributed by atoms with Crippen molar-refractivity contribution in [2.45, 2.75) is 58.1 Å². The Kier molecular flexibility index (Phi) is 5.16. The van der Waals surface area contributed by atoms with Crippen LogP contribution in [0.15, 0.2) is 11.1 Å². The molecular formula is C13H23N3O4S. The van der Waals surface area contributed by atoms with E-state index in [2.05, 4.69) is 14.9 Å². The number of aromatic nitrogens is 2. The maximum atomic E-state index is 12.3. The Morgan fingerprint density at radius 2 is 1.95 bits per heavy atom. The summed E-state index contributed by atoms with van der Waals surface area (Å²) in [5.41, 5.74) is -0.268. The van der Waals surface area contributed by atoms with Crippen LogP contribution in [0.1, 0.15) is 40.3 Å². The molecule has 21 heavy (non-hydrogen) atoms. The Labute approximate surface area is 125 Å². The molecule has 0 saturated carbocycles. The Bertz CT molecular complexity index is 599. The van der Waals surface area contributed by atoms with E-state index in [4.69, 9.17) is 4.74 Å². The highest BCUT2D eigenvalue weighted by atomic mass is 32.2. The third kappa shape index (κ3) is 4.82. The second kappa shape index (κ2) is 6.15. The summed E-state index contributed by atoms with van der Waals surface area (Å²) in [4.78, 5) is 12.2. The Hall–Kier alpha value is -1.41. The maximum absolute atomic E-state index is 12.3. The van der Waals surface area contributed by atoms with Gasteiger partial charge in [-0.05, 0) is 33.6 Å². The lowest BCUT2D eigenvalue weighted by Gasteiger charge is -2.26. The minimum atomic E-state index is -3.84. The van der Waals surface area contributed by atoms with Crippen LogP contribution < -0.4 is 4.72 Å². The molecule has 0 bridgehead atoms. The monoisotopic (exact) mass is 317 g/mol. The van der Waals surface area contributed by atoms with Gasteiger partial charge >= 0.3 is 5.97 Å². The van der Waals surface area contributed by atoms with Crippen molar-refractivity contribution in [1.29, 1.82) is 0 Å². The number of hydrogen-bond donors (Lipinski definition) is 2. The fourth-order valence-corrected chi connectivity index (χ4v) is 3.13. The number of rotatable bonds is 5. The molecule has 2 N–H and O–H groups in total. The highest BCUT2D eigenvalue weighted by Gasteiger charge is 2.32. The molecule has 0 aliphatic carbocycles. The van der Waals surface area contributed by atoms with Crippen molar-refractivity contribution >= 4 is 16.0 Å². The molecule has 1 aromatic heterocycles. The molecule has 1 atom stereocenters. The Morgan fingerprint density at radius 1 is 1.38 bits per heavy atom. The van der Waals surface area contributed by atoms with Crippen molar-refractivity contribution in [3.05, 3.63) is 11.9 Å². The zero-order valence-electron chi connectivity index (χ0n) is 13.2. The zero-order valence-corrected chi connectivity index (χ0v) is 14.0. The number of carbonyl (C=O) groups excluding carboxylic acids is 1. The van der Waals surface area contributed by atoms with Crippen LogP contribution in [0, 0.1) is 12.8 Å². The molecule has 7 nitrogen and oxygen atoms in total. The van der Waals surface area contributed by atoms with Gasteiger partial charge in [-0.25, -0.2) is 8.42 Å². The van der Waals surface area contributed by atoms with Gasteiger partial charge in [-0.1, -0.05) is 13.8 Å². The zero-order chi connectivity index (χ0) is 16.4. The summed E-state index contributed by atoms with van der Waals surface area (Å²) in [6.07, 6.45) is 1.21. The van der Waals surface area contributed by atoms with Gasteiger partial charge in [0.25, 0.3) is 0 Å². The molecule has 0 spiro atoms. The topological polar surface area (TPSA) is 101 Å². The van der Waals surface area contributed by atoms with E-state index in [0.29, 0.717) is 5.69 Å².